The molecule has 1 amide bonds. The smallest absolute Gasteiger partial charge is 0.305 e. The highest BCUT2D eigenvalue weighted by Crippen LogP contribution is 2.22. The molecule has 0 aromatic heterocycles. The first kappa shape index (κ1) is 17.4. The van der Waals surface area contributed by atoms with Crippen molar-refractivity contribution in [3.63, 3.8) is 0 Å². The lowest BCUT2D eigenvalue weighted by atomic mass is 10.0. The van der Waals surface area contributed by atoms with Crippen molar-refractivity contribution < 1.29 is 19.6 Å². The molecule has 2 N–H and O–H groups in total. The number of amides is 1. The van der Waals surface area contributed by atoms with Gasteiger partial charge in [-0.15, -0.1) is 0 Å². The standard InChI is InChI=1S/C16H13ClN2O5/c17-12-5-1-4-11(7-12)16(22)18-14(9-15(20)21)10-3-2-6-13(8-10)19(23)24/h1-8,14H,9H2,(H,18,22)(H,20,21)/t14-/m1/s1. The van der Waals surface area contributed by atoms with E-state index in [1.807, 2.05) is 0 Å². The summed E-state index contributed by atoms with van der Waals surface area (Å²) >= 11 is 5.83. The molecule has 24 heavy (non-hydrogen) atoms. The van der Waals surface area contributed by atoms with Crippen LogP contribution < -0.4 is 5.32 Å². The number of rotatable bonds is 6. The van der Waals surface area contributed by atoms with E-state index in [9.17, 15) is 19.7 Å². The first-order valence-corrected chi connectivity index (χ1v) is 7.27. The lowest BCUT2D eigenvalue weighted by Crippen LogP contribution is -2.30. The van der Waals surface area contributed by atoms with Gasteiger partial charge in [0.15, 0.2) is 0 Å². The minimum absolute atomic E-state index is 0.181. The molecule has 8 heteroatoms. The monoisotopic (exact) mass is 348 g/mol. The minimum Gasteiger partial charge on any atom is -0.481 e. The van der Waals surface area contributed by atoms with Gasteiger partial charge in [0.25, 0.3) is 11.6 Å². The third kappa shape index (κ3) is 4.53. The van der Waals surface area contributed by atoms with E-state index in [0.29, 0.717) is 10.6 Å². The van der Waals surface area contributed by atoms with Crippen molar-refractivity contribution in [2.24, 2.45) is 0 Å². The molecule has 0 saturated carbocycles. The Balaban J connectivity index is 2.28. The van der Waals surface area contributed by atoms with Gasteiger partial charge in [-0.2, -0.15) is 0 Å². The van der Waals surface area contributed by atoms with E-state index in [-0.39, 0.29) is 11.3 Å². The second-order valence-corrected chi connectivity index (χ2v) is 5.42. The molecule has 0 unspecified atom stereocenters. The maximum atomic E-state index is 12.3. The van der Waals surface area contributed by atoms with Crippen molar-refractivity contribution in [2.45, 2.75) is 12.5 Å². The summed E-state index contributed by atoms with van der Waals surface area (Å²) < 4.78 is 0. The molecule has 0 spiro atoms. The molecule has 0 fully saturated rings. The summed E-state index contributed by atoms with van der Waals surface area (Å²) in [4.78, 5) is 33.6. The summed E-state index contributed by atoms with van der Waals surface area (Å²) in [6, 6.07) is 10.8. The first-order chi connectivity index (χ1) is 11.4. The van der Waals surface area contributed by atoms with Crippen molar-refractivity contribution in [3.05, 3.63) is 74.8 Å². The van der Waals surface area contributed by atoms with Gasteiger partial charge < -0.3 is 10.4 Å². The van der Waals surface area contributed by atoms with Crippen LogP contribution in [0, 0.1) is 10.1 Å². The van der Waals surface area contributed by atoms with Gasteiger partial charge in [0.05, 0.1) is 17.4 Å². The molecule has 2 rings (SSSR count). The summed E-state index contributed by atoms with van der Waals surface area (Å²) in [5.74, 6) is -1.66. The molecule has 0 aliphatic rings. The summed E-state index contributed by atoms with van der Waals surface area (Å²) in [5.41, 5.74) is 0.421. The number of nitrogens with zero attached hydrogens (tertiary/aromatic N) is 1. The topological polar surface area (TPSA) is 110 Å². The summed E-state index contributed by atoms with van der Waals surface area (Å²) in [6.07, 6.45) is -0.409. The van der Waals surface area contributed by atoms with Gasteiger partial charge in [-0.25, -0.2) is 0 Å². The third-order valence-corrected chi connectivity index (χ3v) is 3.49. The third-order valence-electron chi connectivity index (χ3n) is 3.25. The number of halogens is 1. The zero-order chi connectivity index (χ0) is 17.7. The molecular formula is C16H13ClN2O5. The average molecular weight is 349 g/mol. The van der Waals surface area contributed by atoms with Crippen LogP contribution in [-0.2, 0) is 4.79 Å². The molecule has 0 saturated heterocycles. The van der Waals surface area contributed by atoms with Gasteiger partial charge in [-0.05, 0) is 23.8 Å². The van der Waals surface area contributed by atoms with E-state index < -0.39 is 29.3 Å². The average Bonchev–Trinajstić information content (AvgIpc) is 2.54. The van der Waals surface area contributed by atoms with Gasteiger partial charge in [-0.3, -0.25) is 19.7 Å². The van der Waals surface area contributed by atoms with Crippen LogP contribution in [0.3, 0.4) is 0 Å². The summed E-state index contributed by atoms with van der Waals surface area (Å²) in [6.45, 7) is 0. The Hall–Kier alpha value is -2.93. The highest BCUT2D eigenvalue weighted by molar-refractivity contribution is 6.30. The number of nitro groups is 1. The number of carboxylic acids is 1. The van der Waals surface area contributed by atoms with Gasteiger partial charge in [0, 0.05) is 22.7 Å². The predicted molar refractivity (Wildman–Crippen MR) is 87.0 cm³/mol. The van der Waals surface area contributed by atoms with E-state index in [4.69, 9.17) is 16.7 Å². The normalized spacial score (nSPS) is 11.5. The fourth-order valence-corrected chi connectivity index (χ4v) is 2.34. The van der Waals surface area contributed by atoms with Crippen LogP contribution in [0.2, 0.25) is 5.02 Å². The fourth-order valence-electron chi connectivity index (χ4n) is 2.15. The summed E-state index contributed by atoms with van der Waals surface area (Å²) in [5, 5.41) is 22.9. The number of non-ortho nitro benzene ring substituents is 1. The molecular weight excluding hydrogens is 336 g/mol. The van der Waals surface area contributed by atoms with E-state index >= 15 is 0 Å². The van der Waals surface area contributed by atoms with E-state index in [2.05, 4.69) is 5.32 Å². The molecule has 2 aromatic carbocycles. The second kappa shape index (κ2) is 7.56. The minimum atomic E-state index is -1.14. The van der Waals surface area contributed by atoms with E-state index in [1.54, 1.807) is 12.1 Å². The van der Waals surface area contributed by atoms with Crippen molar-refractivity contribution in [3.8, 4) is 0 Å². The lowest BCUT2D eigenvalue weighted by molar-refractivity contribution is -0.384. The molecule has 124 valence electrons. The van der Waals surface area contributed by atoms with Crippen molar-refractivity contribution in [1.29, 1.82) is 0 Å². The number of hydrogen-bond acceptors (Lipinski definition) is 4. The summed E-state index contributed by atoms with van der Waals surface area (Å²) in [7, 11) is 0. The van der Waals surface area contributed by atoms with E-state index in [0.717, 1.165) is 0 Å². The van der Waals surface area contributed by atoms with Crippen LogP contribution in [0.15, 0.2) is 48.5 Å². The Morgan fingerprint density at radius 1 is 1.21 bits per heavy atom. The molecule has 0 radical (unpaired) electrons. The number of aliphatic carboxylic acids is 1. The zero-order valence-electron chi connectivity index (χ0n) is 12.3. The van der Waals surface area contributed by atoms with Crippen LogP contribution in [0.5, 0.6) is 0 Å². The number of carboxylic acid groups (broad SMARTS) is 1. The zero-order valence-corrected chi connectivity index (χ0v) is 13.1. The number of carbonyl (C=O) groups is 2. The van der Waals surface area contributed by atoms with Crippen molar-refractivity contribution in [2.75, 3.05) is 0 Å². The van der Waals surface area contributed by atoms with Crippen LogP contribution >= 0.6 is 11.6 Å². The highest BCUT2D eigenvalue weighted by atomic mass is 35.5. The van der Waals surface area contributed by atoms with Gasteiger partial charge >= 0.3 is 5.97 Å². The molecule has 7 nitrogen and oxygen atoms in total. The molecule has 0 bridgehead atoms. The van der Waals surface area contributed by atoms with Crippen LogP contribution in [0.1, 0.15) is 28.4 Å². The SMILES string of the molecule is O=C(O)C[C@@H](NC(=O)c1cccc(Cl)c1)c1cccc([N+](=O)[O-])c1. The maximum Gasteiger partial charge on any atom is 0.305 e. The molecule has 0 aliphatic carbocycles. The number of hydrogen-bond donors (Lipinski definition) is 2. The Bertz CT molecular complexity index is 794. The first-order valence-electron chi connectivity index (χ1n) is 6.89. The van der Waals surface area contributed by atoms with Crippen LogP contribution in [-0.4, -0.2) is 21.9 Å². The Labute approximate surface area is 142 Å². The molecule has 2 aromatic rings. The van der Waals surface area contributed by atoms with Gasteiger partial charge in [0.1, 0.15) is 0 Å². The van der Waals surface area contributed by atoms with Gasteiger partial charge in [-0.1, -0.05) is 29.8 Å². The Morgan fingerprint density at radius 2 is 1.92 bits per heavy atom. The quantitative estimate of drug-likeness (QED) is 0.615. The second-order valence-electron chi connectivity index (χ2n) is 4.99. The molecule has 1 atom stereocenters. The van der Waals surface area contributed by atoms with Crippen LogP contribution in [0.25, 0.3) is 0 Å². The highest BCUT2D eigenvalue weighted by Gasteiger charge is 2.21. The number of nitrogens with one attached hydrogen (secondary N) is 1. The van der Waals surface area contributed by atoms with Crippen LogP contribution in [0.4, 0.5) is 5.69 Å². The van der Waals surface area contributed by atoms with E-state index in [1.165, 1.54) is 36.4 Å². The number of benzene rings is 2. The molecule has 0 aliphatic heterocycles. The fraction of sp³-hybridized carbons (Fsp3) is 0.125. The Kier molecular flexibility index (Phi) is 5.49. The maximum absolute atomic E-state index is 12.3. The number of carbonyl (C=O) groups excluding carboxylic acids is 1. The number of nitro benzene ring substituents is 1. The largest absolute Gasteiger partial charge is 0.481 e. The van der Waals surface area contributed by atoms with Crippen molar-refractivity contribution >= 4 is 29.2 Å². The Morgan fingerprint density at radius 3 is 2.54 bits per heavy atom. The lowest BCUT2D eigenvalue weighted by Gasteiger charge is -2.17. The molecule has 0 heterocycles. The predicted octanol–water partition coefficient (Wildman–Crippen LogP) is 3.19. The van der Waals surface area contributed by atoms with Gasteiger partial charge in [0.2, 0.25) is 0 Å². The van der Waals surface area contributed by atoms with Crippen molar-refractivity contribution in [1.82, 2.24) is 5.32 Å².